The number of nitrogens with one attached hydrogen (secondary N) is 1. The van der Waals surface area contributed by atoms with Gasteiger partial charge in [0, 0.05) is 22.7 Å². The summed E-state index contributed by atoms with van der Waals surface area (Å²) in [5.74, 6) is 0.0310. The molecule has 0 spiro atoms. The van der Waals surface area contributed by atoms with E-state index < -0.39 is 23.6 Å². The Morgan fingerprint density at radius 3 is 2.58 bits per heavy atom. The van der Waals surface area contributed by atoms with Gasteiger partial charge < -0.3 is 19.0 Å². The van der Waals surface area contributed by atoms with Crippen LogP contribution in [0.25, 0.3) is 0 Å². The predicted molar refractivity (Wildman–Crippen MR) is 135 cm³/mol. The SMILES string of the molecule is COc1cccc(C(=O)N=c2sc(C)c(C)n2Cc2ccc(C(=O)NCc3cccc(C(F)(F)F)c3)o2)c1. The van der Waals surface area contributed by atoms with Crippen molar-refractivity contribution >= 4 is 23.2 Å². The van der Waals surface area contributed by atoms with Crippen molar-refractivity contribution in [3.63, 3.8) is 0 Å². The minimum Gasteiger partial charge on any atom is -0.497 e. The standard InChI is InChI=1S/C27H24F3N3O4S/c1-16-17(2)38-26(32-24(34)19-7-5-9-21(13-19)36-3)33(16)15-22-10-11-23(37-22)25(35)31-14-18-6-4-8-20(12-18)27(28,29)30/h4-13H,14-15H2,1-3H3,(H,31,35). The molecule has 0 fully saturated rings. The van der Waals surface area contributed by atoms with Crippen molar-refractivity contribution in [3.05, 3.63) is 104 Å². The highest BCUT2D eigenvalue weighted by atomic mass is 32.1. The first kappa shape index (κ1) is 26.9. The number of nitrogens with zero attached hydrogens (tertiary/aromatic N) is 2. The Kier molecular flexibility index (Phi) is 7.86. The fraction of sp³-hybridized carbons (Fsp3) is 0.222. The molecule has 2 amide bonds. The van der Waals surface area contributed by atoms with Crippen LogP contribution in [0.5, 0.6) is 5.75 Å². The van der Waals surface area contributed by atoms with E-state index in [1.54, 1.807) is 30.3 Å². The highest BCUT2D eigenvalue weighted by Crippen LogP contribution is 2.29. The van der Waals surface area contributed by atoms with Crippen LogP contribution in [0.15, 0.2) is 70.1 Å². The number of thiazole rings is 1. The number of hydrogen-bond acceptors (Lipinski definition) is 5. The number of aryl methyl sites for hydroxylation is 1. The maximum absolute atomic E-state index is 12.9. The van der Waals surface area contributed by atoms with Gasteiger partial charge in [-0.3, -0.25) is 9.59 Å². The number of halogens is 3. The van der Waals surface area contributed by atoms with Gasteiger partial charge in [0.25, 0.3) is 11.8 Å². The monoisotopic (exact) mass is 543 g/mol. The summed E-state index contributed by atoms with van der Waals surface area (Å²) in [4.78, 5) is 31.1. The molecule has 0 atom stereocenters. The summed E-state index contributed by atoms with van der Waals surface area (Å²) in [5.41, 5.74) is 0.803. The molecule has 2 aromatic heterocycles. The fourth-order valence-electron chi connectivity index (χ4n) is 3.64. The lowest BCUT2D eigenvalue weighted by Crippen LogP contribution is -2.22. The molecular formula is C27H24F3N3O4S. The van der Waals surface area contributed by atoms with E-state index in [-0.39, 0.29) is 18.8 Å². The van der Waals surface area contributed by atoms with Crippen LogP contribution < -0.4 is 14.9 Å². The van der Waals surface area contributed by atoms with Crippen LogP contribution in [-0.2, 0) is 19.3 Å². The average Bonchev–Trinajstić information content (AvgIpc) is 3.47. The number of carbonyl (C=O) groups excluding carboxylic acids is 2. The number of furan rings is 1. The Balaban J connectivity index is 1.49. The van der Waals surface area contributed by atoms with Crippen LogP contribution in [0.2, 0.25) is 0 Å². The smallest absolute Gasteiger partial charge is 0.416 e. The van der Waals surface area contributed by atoms with E-state index in [2.05, 4.69) is 10.3 Å². The summed E-state index contributed by atoms with van der Waals surface area (Å²) in [7, 11) is 1.52. The van der Waals surface area contributed by atoms with Gasteiger partial charge in [-0.25, -0.2) is 0 Å². The third kappa shape index (κ3) is 6.23. The highest BCUT2D eigenvalue weighted by molar-refractivity contribution is 7.09. The molecule has 0 radical (unpaired) electrons. The van der Waals surface area contributed by atoms with E-state index in [1.165, 1.54) is 36.6 Å². The number of carbonyl (C=O) groups is 2. The van der Waals surface area contributed by atoms with Gasteiger partial charge >= 0.3 is 6.18 Å². The van der Waals surface area contributed by atoms with Crippen molar-refractivity contribution in [1.29, 1.82) is 0 Å². The second-order valence-corrected chi connectivity index (χ2v) is 9.59. The lowest BCUT2D eigenvalue weighted by molar-refractivity contribution is -0.137. The molecule has 4 aromatic rings. The molecule has 0 bridgehead atoms. The number of rotatable bonds is 7. The van der Waals surface area contributed by atoms with Crippen LogP contribution in [0.4, 0.5) is 13.2 Å². The maximum atomic E-state index is 12.9. The Bertz CT molecular complexity index is 1550. The number of alkyl halides is 3. The fourth-order valence-corrected chi connectivity index (χ4v) is 4.62. The van der Waals surface area contributed by atoms with E-state index in [0.717, 1.165) is 22.7 Å². The molecule has 4 rings (SSSR count). The largest absolute Gasteiger partial charge is 0.497 e. The van der Waals surface area contributed by atoms with Crippen molar-refractivity contribution < 1.29 is 31.9 Å². The van der Waals surface area contributed by atoms with E-state index >= 15 is 0 Å². The van der Waals surface area contributed by atoms with Crippen molar-refractivity contribution in [2.24, 2.45) is 4.99 Å². The molecule has 198 valence electrons. The molecule has 2 aromatic carbocycles. The maximum Gasteiger partial charge on any atom is 0.416 e. The summed E-state index contributed by atoms with van der Waals surface area (Å²) in [5, 5.41) is 2.57. The van der Waals surface area contributed by atoms with Crippen molar-refractivity contribution in [2.75, 3.05) is 7.11 Å². The number of amides is 2. The molecule has 0 saturated carbocycles. The van der Waals surface area contributed by atoms with Crippen molar-refractivity contribution in [1.82, 2.24) is 9.88 Å². The molecule has 0 aliphatic heterocycles. The molecule has 0 aliphatic carbocycles. The average molecular weight is 544 g/mol. The Hall–Kier alpha value is -4.12. The third-order valence-corrected chi connectivity index (χ3v) is 6.91. The lowest BCUT2D eigenvalue weighted by Gasteiger charge is -2.09. The zero-order chi connectivity index (χ0) is 27.4. The van der Waals surface area contributed by atoms with Gasteiger partial charge in [-0.15, -0.1) is 11.3 Å². The Morgan fingerprint density at radius 2 is 1.84 bits per heavy atom. The van der Waals surface area contributed by atoms with E-state index in [0.29, 0.717) is 27.4 Å². The second kappa shape index (κ2) is 11.1. The van der Waals surface area contributed by atoms with E-state index in [4.69, 9.17) is 9.15 Å². The molecule has 7 nitrogen and oxygen atoms in total. The van der Waals surface area contributed by atoms with Gasteiger partial charge in [-0.2, -0.15) is 18.2 Å². The summed E-state index contributed by atoms with van der Waals surface area (Å²) in [6.07, 6.45) is -4.46. The minimum absolute atomic E-state index is 0.0168. The molecule has 0 aliphatic rings. The second-order valence-electron chi connectivity index (χ2n) is 8.41. The van der Waals surface area contributed by atoms with Crippen LogP contribution >= 0.6 is 11.3 Å². The van der Waals surface area contributed by atoms with Crippen LogP contribution in [-0.4, -0.2) is 23.5 Å². The predicted octanol–water partition coefficient (Wildman–Crippen LogP) is 5.51. The number of ether oxygens (including phenoxy) is 1. The number of hydrogen-bond donors (Lipinski definition) is 1. The summed E-state index contributed by atoms with van der Waals surface area (Å²) >= 11 is 1.36. The first-order valence-corrected chi connectivity index (χ1v) is 12.3. The van der Waals surface area contributed by atoms with Gasteiger partial charge in [0.2, 0.25) is 0 Å². The molecule has 0 saturated heterocycles. The molecule has 11 heteroatoms. The van der Waals surface area contributed by atoms with Gasteiger partial charge in [0.05, 0.1) is 19.2 Å². The Morgan fingerprint density at radius 1 is 1.08 bits per heavy atom. The third-order valence-electron chi connectivity index (χ3n) is 5.81. The minimum atomic E-state index is -4.46. The quantitative estimate of drug-likeness (QED) is 0.333. The van der Waals surface area contributed by atoms with Crippen molar-refractivity contribution in [3.8, 4) is 5.75 Å². The number of aromatic nitrogens is 1. The molecular weight excluding hydrogens is 519 g/mol. The Labute approximate surface area is 220 Å². The molecule has 0 unspecified atom stereocenters. The first-order chi connectivity index (χ1) is 18.0. The normalized spacial score (nSPS) is 12.0. The van der Waals surface area contributed by atoms with Crippen molar-refractivity contribution in [2.45, 2.75) is 33.1 Å². The lowest BCUT2D eigenvalue weighted by atomic mass is 10.1. The topological polar surface area (TPSA) is 85.8 Å². The van der Waals surface area contributed by atoms with Crippen LogP contribution in [0.1, 0.15) is 48.4 Å². The first-order valence-electron chi connectivity index (χ1n) is 11.5. The zero-order valence-corrected chi connectivity index (χ0v) is 21.6. The molecule has 2 heterocycles. The van der Waals surface area contributed by atoms with Gasteiger partial charge in [-0.05, 0) is 61.9 Å². The van der Waals surface area contributed by atoms with Gasteiger partial charge in [0.15, 0.2) is 10.6 Å². The number of benzene rings is 2. The highest BCUT2D eigenvalue weighted by Gasteiger charge is 2.30. The van der Waals surface area contributed by atoms with Crippen LogP contribution in [0, 0.1) is 13.8 Å². The van der Waals surface area contributed by atoms with E-state index in [1.807, 2.05) is 18.4 Å². The van der Waals surface area contributed by atoms with Gasteiger partial charge in [-0.1, -0.05) is 18.2 Å². The zero-order valence-electron chi connectivity index (χ0n) is 20.8. The molecule has 1 N–H and O–H groups in total. The van der Waals surface area contributed by atoms with E-state index in [9.17, 15) is 22.8 Å². The van der Waals surface area contributed by atoms with Crippen LogP contribution in [0.3, 0.4) is 0 Å². The molecule has 38 heavy (non-hydrogen) atoms. The summed E-state index contributed by atoms with van der Waals surface area (Å²) in [6.45, 7) is 3.94. The van der Waals surface area contributed by atoms with Gasteiger partial charge in [0.1, 0.15) is 11.5 Å². The number of methoxy groups -OCH3 is 1. The summed E-state index contributed by atoms with van der Waals surface area (Å²) in [6, 6.07) is 14.6. The summed E-state index contributed by atoms with van der Waals surface area (Å²) < 4.78 is 51.5.